The van der Waals surface area contributed by atoms with Crippen LogP contribution in [0.15, 0.2) is 18.2 Å². The van der Waals surface area contributed by atoms with Gasteiger partial charge in [0.1, 0.15) is 0 Å². The Kier molecular flexibility index (Phi) is 10.1. The molecule has 0 bridgehead atoms. The molecule has 0 fully saturated rings. The Labute approximate surface area is 136 Å². The van der Waals surface area contributed by atoms with Crippen molar-refractivity contribution >= 4 is 18.3 Å². The Morgan fingerprint density at radius 2 is 2.15 bits per heavy atom. The molecule has 3 atom stereocenters. The van der Waals surface area contributed by atoms with Crippen LogP contribution in [0.25, 0.3) is 0 Å². The number of hydrogen-bond donors (Lipinski definition) is 0. The van der Waals surface area contributed by atoms with Crippen LogP contribution in [0, 0.1) is 0 Å². The molecule has 0 aliphatic heterocycles. The van der Waals surface area contributed by atoms with E-state index in [4.69, 9.17) is 13.8 Å². The van der Waals surface area contributed by atoms with Crippen LogP contribution < -0.4 is 30.3 Å². The van der Waals surface area contributed by atoms with Gasteiger partial charge < -0.3 is 0 Å². The molecular weight excluding hydrogens is 405 g/mol. The van der Waals surface area contributed by atoms with Gasteiger partial charge in [0.25, 0.3) is 0 Å². The second-order valence-electron chi connectivity index (χ2n) is 4.21. The van der Waals surface area contributed by atoms with Crippen molar-refractivity contribution in [2.45, 2.75) is 25.9 Å². The first-order valence-electron chi connectivity index (χ1n) is 6.66. The van der Waals surface area contributed by atoms with Gasteiger partial charge >= 0.3 is 137 Å². The molecule has 0 N–H and O–H groups in total. The van der Waals surface area contributed by atoms with Gasteiger partial charge in [-0.25, -0.2) is 0 Å². The molecule has 0 aliphatic carbocycles. The fourth-order valence-corrected chi connectivity index (χ4v) is 3.52. The monoisotopic (exact) mass is 429 g/mol. The Morgan fingerprint density at radius 1 is 1.35 bits per heavy atom. The summed E-state index contributed by atoms with van der Waals surface area (Å²) in [5, 5.41) is 0. The van der Waals surface area contributed by atoms with Crippen molar-refractivity contribution in [1.82, 2.24) is 0 Å². The molecule has 20 heavy (non-hydrogen) atoms. The van der Waals surface area contributed by atoms with Crippen LogP contribution >= 0.6 is 18.3 Å². The molecule has 0 aromatic heterocycles. The standard InChI is InChI=1S/C14H24IO3P2/c1-4-12(16-9-5-8-15-2)11-6-7-13(17-19)14(10-11)18-20-3/h6-7,10,12,20H,4-5,8-9,19H2,1-3H3/q-1. The molecule has 1 aromatic rings. The fraction of sp³-hybridized carbons (Fsp3) is 0.571. The molecule has 0 spiro atoms. The summed E-state index contributed by atoms with van der Waals surface area (Å²) in [5.41, 5.74) is 1.16. The van der Waals surface area contributed by atoms with E-state index in [-0.39, 0.29) is 6.10 Å². The molecule has 1 rings (SSSR count). The third-order valence-electron chi connectivity index (χ3n) is 2.84. The van der Waals surface area contributed by atoms with Gasteiger partial charge in [-0.05, 0) is 0 Å². The average molecular weight is 429 g/mol. The first kappa shape index (κ1) is 18.4. The number of alkyl halides is 2. The van der Waals surface area contributed by atoms with Crippen LogP contribution in [0.2, 0.25) is 0 Å². The number of rotatable bonds is 10. The van der Waals surface area contributed by atoms with Crippen molar-refractivity contribution in [3.63, 3.8) is 0 Å². The van der Waals surface area contributed by atoms with E-state index < -0.39 is 0 Å². The molecule has 3 unspecified atom stereocenters. The zero-order valence-corrected chi connectivity index (χ0v) is 16.6. The van der Waals surface area contributed by atoms with Gasteiger partial charge in [-0.3, -0.25) is 0 Å². The van der Waals surface area contributed by atoms with Crippen molar-refractivity contribution in [3.05, 3.63) is 23.8 Å². The van der Waals surface area contributed by atoms with Crippen LogP contribution in [0.3, 0.4) is 0 Å². The first-order valence-corrected chi connectivity index (χ1v) is 12.2. The molecule has 0 amide bonds. The van der Waals surface area contributed by atoms with Crippen LogP contribution in [0.5, 0.6) is 11.5 Å². The molecule has 1 aromatic carbocycles. The van der Waals surface area contributed by atoms with E-state index in [2.05, 4.69) is 27.4 Å². The second kappa shape index (κ2) is 11.0. The Hall–Kier alpha value is 0.370. The second-order valence-corrected chi connectivity index (χ2v) is 7.66. The summed E-state index contributed by atoms with van der Waals surface area (Å²) < 4.78 is 18.2. The molecule has 116 valence electrons. The van der Waals surface area contributed by atoms with Gasteiger partial charge in [-0.15, -0.1) is 0 Å². The maximum atomic E-state index is 6.00. The van der Waals surface area contributed by atoms with E-state index in [0.717, 1.165) is 30.1 Å². The van der Waals surface area contributed by atoms with E-state index in [1.807, 2.05) is 18.8 Å². The van der Waals surface area contributed by atoms with Crippen LogP contribution in [-0.2, 0) is 4.74 Å². The van der Waals surface area contributed by atoms with E-state index >= 15 is 0 Å². The molecule has 6 heteroatoms. The molecular formula is C14H24IO3P2-. The van der Waals surface area contributed by atoms with E-state index in [0.29, 0.717) is 30.0 Å². The Bertz CT molecular complexity index is 391. The van der Waals surface area contributed by atoms with Gasteiger partial charge in [0, 0.05) is 0 Å². The minimum atomic E-state index is 0.145. The van der Waals surface area contributed by atoms with Gasteiger partial charge in [0.2, 0.25) is 0 Å². The minimum absolute atomic E-state index is 0.145. The first-order chi connectivity index (χ1) is 9.76. The predicted octanol–water partition coefficient (Wildman–Crippen LogP) is 1.03. The number of hydrogen-bond acceptors (Lipinski definition) is 3. The quantitative estimate of drug-likeness (QED) is 0.241. The van der Waals surface area contributed by atoms with Gasteiger partial charge in [0.05, 0.1) is 0 Å². The van der Waals surface area contributed by atoms with E-state index in [1.54, 1.807) is 0 Å². The van der Waals surface area contributed by atoms with Crippen molar-refractivity contribution < 1.29 is 35.0 Å². The van der Waals surface area contributed by atoms with Gasteiger partial charge in [0.15, 0.2) is 0 Å². The zero-order valence-electron chi connectivity index (χ0n) is 12.3. The molecule has 0 saturated heterocycles. The van der Waals surface area contributed by atoms with Crippen molar-refractivity contribution in [2.75, 3.05) is 22.6 Å². The predicted molar refractivity (Wildman–Crippen MR) is 86.0 cm³/mol. The van der Waals surface area contributed by atoms with Gasteiger partial charge in [-0.2, -0.15) is 0 Å². The maximum absolute atomic E-state index is 6.00. The summed E-state index contributed by atoms with van der Waals surface area (Å²) in [5.74, 6) is 1.54. The van der Waals surface area contributed by atoms with Crippen LogP contribution in [0.1, 0.15) is 31.4 Å². The van der Waals surface area contributed by atoms with Crippen molar-refractivity contribution in [1.29, 1.82) is 0 Å². The average Bonchev–Trinajstić information content (AvgIpc) is 2.48. The van der Waals surface area contributed by atoms with Crippen LogP contribution in [-0.4, -0.2) is 22.6 Å². The van der Waals surface area contributed by atoms with Crippen molar-refractivity contribution in [2.24, 2.45) is 0 Å². The molecule has 0 saturated carbocycles. The zero-order chi connectivity index (χ0) is 14.8. The number of halogens is 1. The summed E-state index contributed by atoms with van der Waals surface area (Å²) in [6.45, 7) is 5.00. The summed E-state index contributed by atoms with van der Waals surface area (Å²) >= 11 is 0.380. The number of benzene rings is 1. The Morgan fingerprint density at radius 3 is 2.75 bits per heavy atom. The normalized spacial score (nSPS) is 13.0. The molecule has 3 nitrogen and oxygen atoms in total. The summed E-state index contributed by atoms with van der Waals surface area (Å²) in [4.78, 5) is 2.31. The third-order valence-corrected chi connectivity index (χ3v) is 5.35. The van der Waals surface area contributed by atoms with E-state index in [1.165, 1.54) is 10.8 Å². The fourth-order valence-electron chi connectivity index (χ4n) is 1.88. The molecule has 0 heterocycles. The van der Waals surface area contributed by atoms with E-state index in [9.17, 15) is 0 Å². The van der Waals surface area contributed by atoms with Crippen LogP contribution in [0.4, 0.5) is 0 Å². The van der Waals surface area contributed by atoms with Crippen molar-refractivity contribution in [3.8, 4) is 11.5 Å². The Balaban J connectivity index is 2.73. The molecule has 0 radical (unpaired) electrons. The number of ether oxygens (including phenoxy) is 1. The summed E-state index contributed by atoms with van der Waals surface area (Å²) in [6, 6.07) is 6.05. The van der Waals surface area contributed by atoms with Gasteiger partial charge in [-0.1, -0.05) is 0 Å². The SMILES string of the molecule is CCC(OCCC[I-]C)c1ccc(OP)c(OPC)c1. The topological polar surface area (TPSA) is 27.7 Å². The summed E-state index contributed by atoms with van der Waals surface area (Å²) in [7, 11) is 2.67. The molecule has 0 aliphatic rings. The third kappa shape index (κ3) is 6.01. The summed E-state index contributed by atoms with van der Waals surface area (Å²) in [6.07, 6.45) is 2.29.